The number of rotatable bonds is 2. The van der Waals surface area contributed by atoms with Crippen molar-refractivity contribution in [1.82, 2.24) is 9.80 Å². The molecule has 0 unspecified atom stereocenters. The molecule has 0 bridgehead atoms. The summed E-state index contributed by atoms with van der Waals surface area (Å²) in [6.07, 6.45) is 0. The summed E-state index contributed by atoms with van der Waals surface area (Å²) in [5.41, 5.74) is 0.910. The molecule has 1 heterocycles. The SMILES string of the molecule is CC(C)(C)CN1CCN(C(=O)c2ccccc2Cl)CC1. The molecular formula is C16H23ClN2O. The smallest absolute Gasteiger partial charge is 0.255 e. The lowest BCUT2D eigenvalue weighted by molar-refractivity contribution is 0.0592. The van der Waals surface area contributed by atoms with Crippen LogP contribution in [-0.4, -0.2) is 48.4 Å². The third kappa shape index (κ3) is 3.97. The van der Waals surface area contributed by atoms with Gasteiger partial charge in [0.2, 0.25) is 0 Å². The molecule has 1 aromatic rings. The van der Waals surface area contributed by atoms with Gasteiger partial charge in [-0.25, -0.2) is 0 Å². The molecular weight excluding hydrogens is 272 g/mol. The molecule has 4 heteroatoms. The molecule has 1 aromatic carbocycles. The molecule has 0 saturated carbocycles. The molecule has 110 valence electrons. The molecule has 0 N–H and O–H groups in total. The highest BCUT2D eigenvalue weighted by Crippen LogP contribution is 2.20. The standard InChI is InChI=1S/C16H23ClN2O/c1-16(2,3)12-18-8-10-19(11-9-18)15(20)13-6-4-5-7-14(13)17/h4-7H,8-12H2,1-3H3. The molecule has 3 nitrogen and oxygen atoms in total. The Bertz CT molecular complexity index is 474. The fourth-order valence-electron chi connectivity index (χ4n) is 2.58. The van der Waals surface area contributed by atoms with Crippen molar-refractivity contribution in [2.24, 2.45) is 5.41 Å². The predicted octanol–water partition coefficient (Wildman–Crippen LogP) is 3.14. The molecule has 1 aliphatic rings. The fourth-order valence-corrected chi connectivity index (χ4v) is 2.80. The molecule has 0 aromatic heterocycles. The van der Waals surface area contributed by atoms with Crippen LogP contribution in [0.5, 0.6) is 0 Å². The van der Waals surface area contributed by atoms with Crippen LogP contribution >= 0.6 is 11.6 Å². The highest BCUT2D eigenvalue weighted by atomic mass is 35.5. The van der Waals surface area contributed by atoms with Gasteiger partial charge in [0.15, 0.2) is 0 Å². The molecule has 1 saturated heterocycles. The van der Waals surface area contributed by atoms with E-state index in [1.165, 1.54) is 0 Å². The third-order valence-corrected chi connectivity index (χ3v) is 3.79. The first-order valence-electron chi connectivity index (χ1n) is 7.13. The van der Waals surface area contributed by atoms with Crippen molar-refractivity contribution < 1.29 is 4.79 Å². The zero-order chi connectivity index (χ0) is 14.8. The van der Waals surface area contributed by atoms with E-state index in [1.54, 1.807) is 12.1 Å². The Morgan fingerprint density at radius 3 is 2.30 bits per heavy atom. The quantitative estimate of drug-likeness (QED) is 0.836. The molecule has 0 spiro atoms. The highest BCUT2D eigenvalue weighted by molar-refractivity contribution is 6.33. The number of halogens is 1. The predicted molar refractivity (Wildman–Crippen MR) is 83.3 cm³/mol. The Kier molecular flexibility index (Phi) is 4.71. The zero-order valence-corrected chi connectivity index (χ0v) is 13.3. The molecule has 1 aliphatic heterocycles. The lowest BCUT2D eigenvalue weighted by Crippen LogP contribution is -2.50. The first-order valence-corrected chi connectivity index (χ1v) is 7.51. The topological polar surface area (TPSA) is 23.6 Å². The number of benzene rings is 1. The van der Waals surface area contributed by atoms with Gasteiger partial charge in [-0.1, -0.05) is 44.5 Å². The van der Waals surface area contributed by atoms with Crippen molar-refractivity contribution in [1.29, 1.82) is 0 Å². The van der Waals surface area contributed by atoms with Gasteiger partial charge in [0, 0.05) is 32.7 Å². The van der Waals surface area contributed by atoms with Gasteiger partial charge >= 0.3 is 0 Å². The Balaban J connectivity index is 1.94. The van der Waals surface area contributed by atoms with E-state index >= 15 is 0 Å². The number of hydrogen-bond acceptors (Lipinski definition) is 2. The zero-order valence-electron chi connectivity index (χ0n) is 12.5. The van der Waals surface area contributed by atoms with Crippen LogP contribution < -0.4 is 0 Å². The van der Waals surface area contributed by atoms with E-state index in [2.05, 4.69) is 25.7 Å². The van der Waals surface area contributed by atoms with Gasteiger partial charge < -0.3 is 4.90 Å². The van der Waals surface area contributed by atoms with Crippen molar-refractivity contribution in [3.05, 3.63) is 34.9 Å². The van der Waals surface area contributed by atoms with E-state index in [1.807, 2.05) is 17.0 Å². The summed E-state index contributed by atoms with van der Waals surface area (Å²) in [6.45, 7) is 11.2. The summed E-state index contributed by atoms with van der Waals surface area (Å²) in [4.78, 5) is 16.8. The number of hydrogen-bond donors (Lipinski definition) is 0. The molecule has 1 fully saturated rings. The highest BCUT2D eigenvalue weighted by Gasteiger charge is 2.25. The van der Waals surface area contributed by atoms with E-state index in [0.29, 0.717) is 16.0 Å². The van der Waals surface area contributed by atoms with Crippen LogP contribution in [0.4, 0.5) is 0 Å². The van der Waals surface area contributed by atoms with Crippen LogP contribution in [0.15, 0.2) is 24.3 Å². The molecule has 0 radical (unpaired) electrons. The monoisotopic (exact) mass is 294 g/mol. The van der Waals surface area contributed by atoms with Crippen molar-refractivity contribution in [2.45, 2.75) is 20.8 Å². The van der Waals surface area contributed by atoms with Crippen LogP contribution in [0, 0.1) is 5.41 Å². The lowest BCUT2D eigenvalue weighted by atomic mass is 9.96. The van der Waals surface area contributed by atoms with Crippen molar-refractivity contribution >= 4 is 17.5 Å². The Morgan fingerprint density at radius 1 is 1.15 bits per heavy atom. The van der Waals surface area contributed by atoms with Gasteiger partial charge in [-0.2, -0.15) is 0 Å². The average molecular weight is 295 g/mol. The minimum absolute atomic E-state index is 0.0472. The van der Waals surface area contributed by atoms with E-state index in [-0.39, 0.29) is 5.91 Å². The van der Waals surface area contributed by atoms with Crippen molar-refractivity contribution in [3.8, 4) is 0 Å². The Labute approximate surface area is 126 Å². The lowest BCUT2D eigenvalue weighted by Gasteiger charge is -2.37. The summed E-state index contributed by atoms with van der Waals surface area (Å²) in [6, 6.07) is 7.27. The van der Waals surface area contributed by atoms with Gasteiger partial charge in [-0.05, 0) is 17.5 Å². The minimum Gasteiger partial charge on any atom is -0.336 e. The second-order valence-corrected chi connectivity index (χ2v) is 7.02. The van der Waals surface area contributed by atoms with Gasteiger partial charge in [0.25, 0.3) is 5.91 Å². The van der Waals surface area contributed by atoms with Crippen LogP contribution in [-0.2, 0) is 0 Å². The summed E-state index contributed by atoms with van der Waals surface area (Å²) in [5.74, 6) is 0.0472. The Morgan fingerprint density at radius 2 is 1.75 bits per heavy atom. The van der Waals surface area contributed by atoms with E-state index in [9.17, 15) is 4.79 Å². The molecule has 0 atom stereocenters. The first-order chi connectivity index (χ1) is 9.37. The van der Waals surface area contributed by atoms with Gasteiger partial charge in [0.1, 0.15) is 0 Å². The van der Waals surface area contributed by atoms with Gasteiger partial charge in [-0.3, -0.25) is 9.69 Å². The van der Waals surface area contributed by atoms with Crippen LogP contribution in [0.25, 0.3) is 0 Å². The van der Waals surface area contributed by atoms with E-state index in [4.69, 9.17) is 11.6 Å². The number of carbonyl (C=O) groups is 1. The van der Waals surface area contributed by atoms with Gasteiger partial charge in [0.05, 0.1) is 10.6 Å². The van der Waals surface area contributed by atoms with Crippen molar-refractivity contribution in [3.63, 3.8) is 0 Å². The number of amides is 1. The summed E-state index contributed by atoms with van der Waals surface area (Å²) in [5, 5.41) is 0.537. The summed E-state index contributed by atoms with van der Waals surface area (Å²) in [7, 11) is 0. The van der Waals surface area contributed by atoms with E-state index in [0.717, 1.165) is 32.7 Å². The largest absolute Gasteiger partial charge is 0.336 e. The average Bonchev–Trinajstić information content (AvgIpc) is 2.37. The maximum Gasteiger partial charge on any atom is 0.255 e. The number of nitrogens with zero attached hydrogens (tertiary/aromatic N) is 2. The normalized spacial score (nSPS) is 17.3. The maximum absolute atomic E-state index is 12.4. The molecule has 20 heavy (non-hydrogen) atoms. The summed E-state index contributed by atoms with van der Waals surface area (Å²) >= 11 is 6.10. The number of piperazine rings is 1. The van der Waals surface area contributed by atoms with Crippen LogP contribution in [0.1, 0.15) is 31.1 Å². The van der Waals surface area contributed by atoms with Crippen molar-refractivity contribution in [2.75, 3.05) is 32.7 Å². The second kappa shape index (κ2) is 6.15. The molecule has 2 rings (SSSR count). The Hall–Kier alpha value is -1.06. The fraction of sp³-hybridized carbons (Fsp3) is 0.562. The third-order valence-electron chi connectivity index (χ3n) is 3.46. The van der Waals surface area contributed by atoms with Gasteiger partial charge in [-0.15, -0.1) is 0 Å². The van der Waals surface area contributed by atoms with Crippen LogP contribution in [0.3, 0.4) is 0 Å². The van der Waals surface area contributed by atoms with Crippen LogP contribution in [0.2, 0.25) is 5.02 Å². The van der Waals surface area contributed by atoms with E-state index < -0.39 is 0 Å². The first kappa shape index (κ1) is 15.3. The minimum atomic E-state index is 0.0472. The number of carbonyl (C=O) groups excluding carboxylic acids is 1. The summed E-state index contributed by atoms with van der Waals surface area (Å²) < 4.78 is 0. The maximum atomic E-state index is 12.4. The molecule has 1 amide bonds. The second-order valence-electron chi connectivity index (χ2n) is 6.61. The molecule has 0 aliphatic carbocycles.